The van der Waals surface area contributed by atoms with Crippen molar-refractivity contribution in [3.63, 3.8) is 0 Å². The molecule has 29 heavy (non-hydrogen) atoms. The molecule has 2 atom stereocenters. The van der Waals surface area contributed by atoms with Crippen LogP contribution in [0.2, 0.25) is 0 Å². The van der Waals surface area contributed by atoms with Gasteiger partial charge in [0, 0.05) is 24.3 Å². The maximum Gasteiger partial charge on any atom is 0.319 e. The number of aliphatic hydroxyl groups excluding tert-OH is 2. The normalized spacial score (nSPS) is 20.4. The zero-order valence-corrected chi connectivity index (χ0v) is 16.5. The summed E-state index contributed by atoms with van der Waals surface area (Å²) in [4.78, 5) is 14.9. The number of nitrogens with zero attached hydrogens (tertiary/aromatic N) is 1. The van der Waals surface area contributed by atoms with Crippen molar-refractivity contribution >= 4 is 17.4 Å². The van der Waals surface area contributed by atoms with Crippen LogP contribution in [0.15, 0.2) is 36.4 Å². The average Bonchev–Trinajstić information content (AvgIpc) is 3.36. The average molecular weight is 397 g/mol. The molecule has 154 valence electrons. The number of fused-ring (bicyclic) bond motifs is 1. The van der Waals surface area contributed by atoms with Gasteiger partial charge in [-0.3, -0.25) is 0 Å². The lowest BCUT2D eigenvalue weighted by Gasteiger charge is -2.23. The fourth-order valence-electron chi connectivity index (χ4n) is 4.31. The summed E-state index contributed by atoms with van der Waals surface area (Å²) in [5, 5.41) is 26.0. The second-order valence-electron chi connectivity index (χ2n) is 7.59. The SMILES string of the molecule is COc1c(CO)cc(N2CCCC2)cc1NC(=O)NC1Cc2ccccc2C1O. The van der Waals surface area contributed by atoms with Crippen LogP contribution in [0.1, 0.15) is 35.6 Å². The molecule has 2 aliphatic rings. The summed E-state index contributed by atoms with van der Waals surface area (Å²) in [5.41, 5.74) is 3.98. The monoisotopic (exact) mass is 397 g/mol. The van der Waals surface area contributed by atoms with Gasteiger partial charge in [0.2, 0.25) is 0 Å². The molecular weight excluding hydrogens is 370 g/mol. The van der Waals surface area contributed by atoms with Crippen molar-refractivity contribution in [3.8, 4) is 5.75 Å². The maximum absolute atomic E-state index is 12.7. The second-order valence-corrected chi connectivity index (χ2v) is 7.59. The molecule has 1 aliphatic carbocycles. The number of carbonyl (C=O) groups excluding carboxylic acids is 1. The Bertz CT molecular complexity index is 896. The van der Waals surface area contributed by atoms with Crippen LogP contribution in [-0.4, -0.2) is 42.5 Å². The number of benzene rings is 2. The number of methoxy groups -OCH3 is 1. The van der Waals surface area contributed by atoms with Crippen molar-refractivity contribution in [1.82, 2.24) is 5.32 Å². The Balaban J connectivity index is 1.52. The van der Waals surface area contributed by atoms with Gasteiger partial charge in [-0.15, -0.1) is 0 Å². The van der Waals surface area contributed by atoms with Crippen LogP contribution in [0.5, 0.6) is 5.75 Å². The van der Waals surface area contributed by atoms with Crippen molar-refractivity contribution in [2.45, 2.75) is 38.0 Å². The third-order valence-electron chi connectivity index (χ3n) is 5.76. The quantitative estimate of drug-likeness (QED) is 0.622. The molecule has 0 spiro atoms. The first-order valence-electron chi connectivity index (χ1n) is 10.0. The van der Waals surface area contributed by atoms with Gasteiger partial charge in [-0.25, -0.2) is 4.79 Å². The number of hydrogen-bond acceptors (Lipinski definition) is 5. The van der Waals surface area contributed by atoms with Crippen LogP contribution >= 0.6 is 0 Å². The van der Waals surface area contributed by atoms with Crippen molar-refractivity contribution in [2.75, 3.05) is 30.4 Å². The molecule has 1 fully saturated rings. The Kier molecular flexibility index (Phi) is 5.60. The number of ether oxygens (including phenoxy) is 1. The molecule has 0 bridgehead atoms. The Morgan fingerprint density at radius 2 is 2.00 bits per heavy atom. The number of anilines is 2. The van der Waals surface area contributed by atoms with Gasteiger partial charge in [0.25, 0.3) is 0 Å². The summed E-state index contributed by atoms with van der Waals surface area (Å²) in [6, 6.07) is 10.6. The first-order chi connectivity index (χ1) is 14.1. The first kappa shape index (κ1) is 19.5. The van der Waals surface area contributed by atoms with E-state index in [-0.39, 0.29) is 6.61 Å². The van der Waals surface area contributed by atoms with E-state index in [1.807, 2.05) is 36.4 Å². The van der Waals surface area contributed by atoms with Gasteiger partial charge < -0.3 is 30.5 Å². The fourth-order valence-corrected chi connectivity index (χ4v) is 4.31. The standard InChI is InChI=1S/C22H27N3O4/c1-29-21-15(13-26)10-16(25-8-4-5-9-25)12-19(21)24-22(28)23-18-11-14-6-2-3-7-17(14)20(18)27/h2-3,6-7,10,12,18,20,26-27H,4-5,8-9,11,13H2,1H3,(H2,23,24,28). The third-order valence-corrected chi connectivity index (χ3v) is 5.76. The zero-order chi connectivity index (χ0) is 20.4. The van der Waals surface area contributed by atoms with Crippen molar-refractivity contribution in [3.05, 3.63) is 53.1 Å². The van der Waals surface area contributed by atoms with E-state index in [1.165, 1.54) is 7.11 Å². The number of urea groups is 1. The maximum atomic E-state index is 12.7. The third kappa shape index (κ3) is 3.88. The van der Waals surface area contributed by atoms with Crippen molar-refractivity contribution in [2.24, 2.45) is 0 Å². The molecule has 2 aromatic carbocycles. The largest absolute Gasteiger partial charge is 0.494 e. The number of nitrogens with one attached hydrogen (secondary N) is 2. The van der Waals surface area contributed by atoms with E-state index < -0.39 is 18.2 Å². The Labute approximate surface area is 170 Å². The molecule has 7 nitrogen and oxygen atoms in total. The Morgan fingerprint density at radius 1 is 1.24 bits per heavy atom. The summed E-state index contributed by atoms with van der Waals surface area (Å²) < 4.78 is 5.46. The predicted octanol–water partition coefficient (Wildman–Crippen LogP) is 2.57. The van der Waals surface area contributed by atoms with E-state index in [0.29, 0.717) is 23.4 Å². The van der Waals surface area contributed by atoms with Crippen LogP contribution in [0.3, 0.4) is 0 Å². The summed E-state index contributed by atoms with van der Waals surface area (Å²) in [6.45, 7) is 1.72. The molecule has 0 aromatic heterocycles. The van der Waals surface area contributed by atoms with E-state index >= 15 is 0 Å². The fraction of sp³-hybridized carbons (Fsp3) is 0.409. The summed E-state index contributed by atoms with van der Waals surface area (Å²) in [6.07, 6.45) is 2.11. The van der Waals surface area contributed by atoms with E-state index in [2.05, 4.69) is 15.5 Å². The minimum atomic E-state index is -0.734. The van der Waals surface area contributed by atoms with Gasteiger partial charge in [-0.2, -0.15) is 0 Å². The molecule has 2 aromatic rings. The molecule has 1 heterocycles. The van der Waals surface area contributed by atoms with Gasteiger partial charge >= 0.3 is 6.03 Å². The molecule has 2 amide bonds. The first-order valence-corrected chi connectivity index (χ1v) is 10.0. The van der Waals surface area contributed by atoms with Gasteiger partial charge in [-0.05, 0) is 42.5 Å². The smallest absolute Gasteiger partial charge is 0.319 e. The molecule has 1 aliphatic heterocycles. The Morgan fingerprint density at radius 3 is 2.69 bits per heavy atom. The lowest BCUT2D eigenvalue weighted by atomic mass is 10.1. The number of carbonyl (C=O) groups is 1. The highest BCUT2D eigenvalue weighted by atomic mass is 16.5. The summed E-state index contributed by atoms with van der Waals surface area (Å²) in [5.74, 6) is 0.445. The number of rotatable bonds is 5. The minimum absolute atomic E-state index is 0.183. The van der Waals surface area contributed by atoms with Crippen molar-refractivity contribution < 1.29 is 19.7 Å². The zero-order valence-electron chi connectivity index (χ0n) is 16.5. The molecular formula is C22H27N3O4. The van der Waals surface area contributed by atoms with Crippen LogP contribution in [-0.2, 0) is 13.0 Å². The number of hydrogen-bond donors (Lipinski definition) is 4. The summed E-state index contributed by atoms with van der Waals surface area (Å²) in [7, 11) is 1.52. The van der Waals surface area contributed by atoms with Crippen LogP contribution in [0.25, 0.3) is 0 Å². The molecule has 4 N–H and O–H groups in total. The van der Waals surface area contributed by atoms with Gasteiger partial charge in [-0.1, -0.05) is 24.3 Å². The van der Waals surface area contributed by atoms with E-state index in [4.69, 9.17) is 4.74 Å². The van der Waals surface area contributed by atoms with E-state index in [9.17, 15) is 15.0 Å². The molecule has 0 saturated carbocycles. The number of amides is 2. The van der Waals surface area contributed by atoms with Crippen LogP contribution in [0, 0.1) is 0 Å². The Hall–Kier alpha value is -2.77. The number of aliphatic hydroxyl groups is 2. The van der Waals surface area contributed by atoms with Crippen LogP contribution < -0.4 is 20.3 Å². The van der Waals surface area contributed by atoms with E-state index in [0.717, 1.165) is 42.7 Å². The van der Waals surface area contributed by atoms with Gasteiger partial charge in [0.15, 0.2) is 0 Å². The lowest BCUT2D eigenvalue weighted by molar-refractivity contribution is 0.145. The molecule has 1 saturated heterocycles. The van der Waals surface area contributed by atoms with E-state index in [1.54, 1.807) is 0 Å². The minimum Gasteiger partial charge on any atom is -0.494 e. The van der Waals surface area contributed by atoms with Gasteiger partial charge in [0.1, 0.15) is 5.75 Å². The molecule has 4 rings (SSSR count). The molecule has 7 heteroatoms. The highest BCUT2D eigenvalue weighted by Gasteiger charge is 2.32. The van der Waals surface area contributed by atoms with Gasteiger partial charge in [0.05, 0.1) is 31.5 Å². The van der Waals surface area contributed by atoms with Crippen LogP contribution in [0.4, 0.5) is 16.2 Å². The summed E-state index contributed by atoms with van der Waals surface area (Å²) >= 11 is 0. The predicted molar refractivity (Wildman–Crippen MR) is 111 cm³/mol. The molecule has 0 radical (unpaired) electrons. The van der Waals surface area contributed by atoms with Crippen molar-refractivity contribution in [1.29, 1.82) is 0 Å². The lowest BCUT2D eigenvalue weighted by Crippen LogP contribution is -2.40. The second kappa shape index (κ2) is 8.31. The molecule has 2 unspecified atom stereocenters. The highest BCUT2D eigenvalue weighted by Crippen LogP contribution is 2.36. The topological polar surface area (TPSA) is 94.1 Å². The highest BCUT2D eigenvalue weighted by molar-refractivity contribution is 5.92.